The summed E-state index contributed by atoms with van der Waals surface area (Å²) >= 11 is 0. The number of nitrogens with one attached hydrogen (secondary N) is 3. The van der Waals surface area contributed by atoms with Crippen molar-refractivity contribution in [3.05, 3.63) is 60.6 Å². The number of anilines is 4. The van der Waals surface area contributed by atoms with Crippen LogP contribution >= 0.6 is 0 Å². The van der Waals surface area contributed by atoms with Crippen LogP contribution in [-0.2, 0) is 14.6 Å². The van der Waals surface area contributed by atoms with Gasteiger partial charge in [-0.15, -0.1) is 0 Å². The standard InChI is InChI=1S/C21H24N6O3S/c1-14(25-16-11-30-12-16)15-7-8-19(22-10-15)27-21-9-20(23-13-24-21)26-17-5-3-4-6-18(17)31(2,28)29/h3-10,13-14,16,25H,11-12H2,1-2H3,(H2,22,23,24,26,27). The molecule has 0 amide bonds. The Kier molecular flexibility index (Phi) is 6.12. The number of benzene rings is 1. The van der Waals surface area contributed by atoms with Crippen molar-refractivity contribution in [3.8, 4) is 0 Å². The number of hydrogen-bond donors (Lipinski definition) is 3. The minimum absolute atomic E-state index is 0.181. The van der Waals surface area contributed by atoms with Crippen molar-refractivity contribution in [1.29, 1.82) is 0 Å². The van der Waals surface area contributed by atoms with Crippen molar-refractivity contribution in [2.45, 2.75) is 23.9 Å². The molecule has 1 atom stereocenters. The lowest BCUT2D eigenvalue weighted by atomic mass is 10.1. The molecule has 2 aromatic heterocycles. The highest BCUT2D eigenvalue weighted by molar-refractivity contribution is 7.90. The van der Waals surface area contributed by atoms with E-state index in [0.717, 1.165) is 18.8 Å². The zero-order valence-electron chi connectivity index (χ0n) is 17.2. The van der Waals surface area contributed by atoms with Crippen molar-refractivity contribution in [2.75, 3.05) is 30.1 Å². The molecule has 9 nitrogen and oxygen atoms in total. The summed E-state index contributed by atoms with van der Waals surface area (Å²) in [6.45, 7) is 3.59. The third-order valence-electron chi connectivity index (χ3n) is 4.88. The van der Waals surface area contributed by atoms with E-state index in [2.05, 4.69) is 37.8 Å². The van der Waals surface area contributed by atoms with Gasteiger partial charge in [-0.1, -0.05) is 18.2 Å². The fourth-order valence-corrected chi connectivity index (χ4v) is 4.02. The number of ether oxygens (including phenoxy) is 1. The summed E-state index contributed by atoms with van der Waals surface area (Å²) in [5, 5.41) is 9.68. The quantitative estimate of drug-likeness (QED) is 0.486. The Hall–Kier alpha value is -3.08. The van der Waals surface area contributed by atoms with Gasteiger partial charge in [0, 0.05) is 24.6 Å². The van der Waals surface area contributed by atoms with E-state index in [9.17, 15) is 8.42 Å². The Balaban J connectivity index is 1.44. The van der Waals surface area contributed by atoms with Crippen LogP contribution in [0.25, 0.3) is 0 Å². The molecule has 0 bridgehead atoms. The molecule has 10 heteroatoms. The van der Waals surface area contributed by atoms with Gasteiger partial charge < -0.3 is 20.7 Å². The van der Waals surface area contributed by atoms with Crippen LogP contribution in [0.15, 0.2) is 59.9 Å². The molecular weight excluding hydrogens is 416 g/mol. The lowest BCUT2D eigenvalue weighted by molar-refractivity contribution is -0.00926. The van der Waals surface area contributed by atoms with E-state index >= 15 is 0 Å². The second-order valence-corrected chi connectivity index (χ2v) is 9.39. The third-order valence-corrected chi connectivity index (χ3v) is 6.04. The lowest BCUT2D eigenvalue weighted by Gasteiger charge is -2.30. The minimum atomic E-state index is -3.37. The van der Waals surface area contributed by atoms with Gasteiger partial charge in [0.15, 0.2) is 9.84 Å². The average molecular weight is 441 g/mol. The molecule has 1 fully saturated rings. The van der Waals surface area contributed by atoms with Crippen LogP contribution in [0.4, 0.5) is 23.1 Å². The maximum atomic E-state index is 12.0. The predicted molar refractivity (Wildman–Crippen MR) is 119 cm³/mol. The molecule has 4 rings (SSSR count). The lowest BCUT2D eigenvalue weighted by Crippen LogP contribution is -2.46. The van der Waals surface area contributed by atoms with Crippen LogP contribution in [0.5, 0.6) is 0 Å². The van der Waals surface area contributed by atoms with Gasteiger partial charge in [-0.25, -0.2) is 23.4 Å². The molecule has 1 saturated heterocycles. The van der Waals surface area contributed by atoms with Crippen molar-refractivity contribution in [1.82, 2.24) is 20.3 Å². The highest BCUT2D eigenvalue weighted by atomic mass is 32.2. The molecule has 1 unspecified atom stereocenters. The first-order valence-electron chi connectivity index (χ1n) is 9.83. The largest absolute Gasteiger partial charge is 0.378 e. The Labute approximate surface area is 181 Å². The molecule has 0 radical (unpaired) electrons. The van der Waals surface area contributed by atoms with Crippen LogP contribution in [0.1, 0.15) is 18.5 Å². The van der Waals surface area contributed by atoms with E-state index in [1.54, 1.807) is 30.3 Å². The van der Waals surface area contributed by atoms with Gasteiger partial charge in [0.05, 0.1) is 29.8 Å². The molecule has 3 aromatic rings. The molecule has 0 spiro atoms. The number of pyridine rings is 1. The SMILES string of the molecule is CC(NC1COC1)c1ccc(Nc2cc(Nc3ccccc3S(C)(=O)=O)ncn2)nc1. The van der Waals surface area contributed by atoms with E-state index in [0.29, 0.717) is 29.2 Å². The highest BCUT2D eigenvalue weighted by Crippen LogP contribution is 2.25. The summed E-state index contributed by atoms with van der Waals surface area (Å²) in [4.78, 5) is 13.1. The Morgan fingerprint density at radius 2 is 1.74 bits per heavy atom. The zero-order chi connectivity index (χ0) is 21.8. The molecule has 1 aromatic carbocycles. The maximum absolute atomic E-state index is 12.0. The van der Waals surface area contributed by atoms with Crippen LogP contribution in [0, 0.1) is 0 Å². The van der Waals surface area contributed by atoms with E-state index in [-0.39, 0.29) is 10.9 Å². The molecule has 31 heavy (non-hydrogen) atoms. The van der Waals surface area contributed by atoms with Crippen molar-refractivity contribution in [2.24, 2.45) is 0 Å². The van der Waals surface area contributed by atoms with Crippen LogP contribution in [0.3, 0.4) is 0 Å². The topological polar surface area (TPSA) is 118 Å². The van der Waals surface area contributed by atoms with E-state index < -0.39 is 9.84 Å². The predicted octanol–water partition coefficient (Wildman–Crippen LogP) is 2.81. The fourth-order valence-electron chi connectivity index (χ4n) is 3.17. The molecule has 0 aliphatic carbocycles. The number of rotatable bonds is 8. The number of hydrogen-bond acceptors (Lipinski definition) is 9. The maximum Gasteiger partial charge on any atom is 0.177 e. The first-order chi connectivity index (χ1) is 14.9. The Bertz CT molecular complexity index is 1150. The summed E-state index contributed by atoms with van der Waals surface area (Å²) in [6.07, 6.45) is 4.39. The molecular formula is C21H24N6O3S. The van der Waals surface area contributed by atoms with E-state index in [1.165, 1.54) is 12.6 Å². The number of sulfone groups is 1. The van der Waals surface area contributed by atoms with Gasteiger partial charge in [0.1, 0.15) is 23.8 Å². The molecule has 1 aliphatic heterocycles. The highest BCUT2D eigenvalue weighted by Gasteiger charge is 2.20. The first-order valence-corrected chi connectivity index (χ1v) is 11.7. The van der Waals surface area contributed by atoms with Crippen molar-refractivity contribution >= 4 is 33.0 Å². The Morgan fingerprint density at radius 1 is 1.00 bits per heavy atom. The van der Waals surface area contributed by atoms with Gasteiger partial charge in [0.25, 0.3) is 0 Å². The molecule has 1 aliphatic rings. The minimum Gasteiger partial charge on any atom is -0.378 e. The first kappa shape index (κ1) is 21.2. The van der Waals surface area contributed by atoms with Gasteiger partial charge in [0.2, 0.25) is 0 Å². The van der Waals surface area contributed by atoms with Crippen LogP contribution < -0.4 is 16.0 Å². The van der Waals surface area contributed by atoms with Crippen molar-refractivity contribution in [3.63, 3.8) is 0 Å². The van der Waals surface area contributed by atoms with E-state index in [1.807, 2.05) is 18.3 Å². The van der Waals surface area contributed by atoms with Gasteiger partial charge in [-0.05, 0) is 30.7 Å². The number of nitrogens with zero attached hydrogens (tertiary/aromatic N) is 3. The normalized spacial score (nSPS) is 15.2. The van der Waals surface area contributed by atoms with Gasteiger partial charge >= 0.3 is 0 Å². The fraction of sp³-hybridized carbons (Fsp3) is 0.286. The molecule has 162 valence electrons. The van der Waals surface area contributed by atoms with Crippen molar-refractivity contribution < 1.29 is 13.2 Å². The summed E-state index contributed by atoms with van der Waals surface area (Å²) in [6, 6.07) is 12.8. The van der Waals surface area contributed by atoms with Gasteiger partial charge in [-0.2, -0.15) is 0 Å². The summed E-state index contributed by atoms with van der Waals surface area (Å²) < 4.78 is 29.2. The summed E-state index contributed by atoms with van der Waals surface area (Å²) in [5.74, 6) is 1.64. The number of aromatic nitrogens is 3. The Morgan fingerprint density at radius 3 is 2.39 bits per heavy atom. The van der Waals surface area contributed by atoms with Gasteiger partial charge in [-0.3, -0.25) is 0 Å². The average Bonchev–Trinajstić information content (AvgIpc) is 2.71. The monoisotopic (exact) mass is 440 g/mol. The van der Waals surface area contributed by atoms with E-state index in [4.69, 9.17) is 4.74 Å². The second kappa shape index (κ2) is 8.96. The summed E-state index contributed by atoms with van der Waals surface area (Å²) in [5.41, 5.74) is 1.54. The van der Waals surface area contributed by atoms with Crippen LogP contribution in [-0.4, -0.2) is 48.9 Å². The molecule has 0 saturated carbocycles. The van der Waals surface area contributed by atoms with Crippen LogP contribution in [0.2, 0.25) is 0 Å². The molecule has 3 heterocycles. The summed E-state index contributed by atoms with van der Waals surface area (Å²) in [7, 11) is -3.37. The smallest absolute Gasteiger partial charge is 0.177 e. The number of para-hydroxylation sites is 1. The zero-order valence-corrected chi connectivity index (χ0v) is 18.1. The molecule has 3 N–H and O–H groups in total. The second-order valence-electron chi connectivity index (χ2n) is 7.41. The third kappa shape index (κ3) is 5.35.